The Morgan fingerprint density at radius 2 is 0.604 bits per heavy atom. The standard InChI is InChI=1S/C25H16ClN3.C15H10ClN3/c26-25-28-23(19-7-2-1-3-8-19)27-24(29-25)20-13-10-18(11-14-20)22-15-12-17-6-4-5-9-21(17)16-22;16-15-18-13(11-7-3-1-4-8-11)17-14(19-15)12-9-5-2-6-10-12/h1-16H;1-10H. The first-order valence-corrected chi connectivity index (χ1v) is 15.9. The molecule has 6 nitrogen and oxygen atoms in total. The van der Waals surface area contributed by atoms with Gasteiger partial charge in [-0.3, -0.25) is 0 Å². The fraction of sp³-hybridized carbons (Fsp3) is 0. The molecule has 8 rings (SSSR count). The van der Waals surface area contributed by atoms with Crippen molar-refractivity contribution in [1.82, 2.24) is 29.9 Å². The summed E-state index contributed by atoms with van der Waals surface area (Å²) >= 11 is 12.2. The van der Waals surface area contributed by atoms with Crippen LogP contribution in [0.4, 0.5) is 0 Å². The van der Waals surface area contributed by atoms with Crippen molar-refractivity contribution >= 4 is 34.0 Å². The second-order valence-electron chi connectivity index (χ2n) is 10.7. The second kappa shape index (κ2) is 14.3. The van der Waals surface area contributed by atoms with Gasteiger partial charge in [0, 0.05) is 22.3 Å². The van der Waals surface area contributed by atoms with E-state index in [-0.39, 0.29) is 10.6 Å². The molecular weight excluding hydrogens is 635 g/mol. The quantitative estimate of drug-likeness (QED) is 0.183. The Morgan fingerprint density at radius 1 is 0.271 bits per heavy atom. The zero-order chi connectivity index (χ0) is 32.7. The monoisotopic (exact) mass is 660 g/mol. The van der Waals surface area contributed by atoms with Crippen molar-refractivity contribution in [3.63, 3.8) is 0 Å². The molecule has 0 N–H and O–H groups in total. The van der Waals surface area contributed by atoms with E-state index in [9.17, 15) is 0 Å². The third-order valence-electron chi connectivity index (χ3n) is 7.54. The van der Waals surface area contributed by atoms with E-state index < -0.39 is 0 Å². The van der Waals surface area contributed by atoms with Crippen molar-refractivity contribution in [2.45, 2.75) is 0 Å². The summed E-state index contributed by atoms with van der Waals surface area (Å²) in [6.07, 6.45) is 0. The lowest BCUT2D eigenvalue weighted by molar-refractivity contribution is 1.07. The predicted molar refractivity (Wildman–Crippen MR) is 194 cm³/mol. The number of hydrogen-bond donors (Lipinski definition) is 0. The average Bonchev–Trinajstić information content (AvgIpc) is 3.15. The molecule has 8 heteroatoms. The summed E-state index contributed by atoms with van der Waals surface area (Å²) in [5.41, 5.74) is 5.96. The van der Waals surface area contributed by atoms with Gasteiger partial charge in [-0.15, -0.1) is 0 Å². The maximum atomic E-state index is 6.17. The topological polar surface area (TPSA) is 77.3 Å². The highest BCUT2D eigenvalue weighted by molar-refractivity contribution is 6.28. The van der Waals surface area contributed by atoms with Gasteiger partial charge in [0.05, 0.1) is 0 Å². The van der Waals surface area contributed by atoms with Crippen molar-refractivity contribution < 1.29 is 0 Å². The molecule has 0 aliphatic heterocycles. The molecule has 0 aliphatic carbocycles. The van der Waals surface area contributed by atoms with Crippen LogP contribution in [0, 0.1) is 0 Å². The van der Waals surface area contributed by atoms with Crippen LogP contribution in [-0.4, -0.2) is 29.9 Å². The van der Waals surface area contributed by atoms with Gasteiger partial charge < -0.3 is 0 Å². The van der Waals surface area contributed by atoms with Crippen molar-refractivity contribution in [2.75, 3.05) is 0 Å². The normalized spacial score (nSPS) is 10.7. The molecule has 8 aromatic rings. The summed E-state index contributed by atoms with van der Waals surface area (Å²) in [6, 6.07) is 52.3. The molecule has 0 saturated carbocycles. The van der Waals surface area contributed by atoms with E-state index in [0.29, 0.717) is 23.3 Å². The fourth-order valence-corrected chi connectivity index (χ4v) is 5.48. The summed E-state index contributed by atoms with van der Waals surface area (Å²) < 4.78 is 0. The highest BCUT2D eigenvalue weighted by Crippen LogP contribution is 2.28. The van der Waals surface area contributed by atoms with Crippen LogP contribution in [0.15, 0.2) is 158 Å². The Hall–Kier alpha value is -5.82. The maximum absolute atomic E-state index is 6.17. The summed E-state index contributed by atoms with van der Waals surface area (Å²) in [4.78, 5) is 26.0. The molecule has 2 heterocycles. The molecule has 2 aromatic heterocycles. The predicted octanol–water partition coefficient (Wildman–Crippen LogP) is 10.5. The number of rotatable bonds is 5. The highest BCUT2D eigenvalue weighted by Gasteiger charge is 2.11. The molecule has 230 valence electrons. The molecule has 0 unspecified atom stereocenters. The maximum Gasteiger partial charge on any atom is 0.226 e. The van der Waals surface area contributed by atoms with Gasteiger partial charge in [-0.1, -0.05) is 152 Å². The Bertz CT molecular complexity index is 2240. The third kappa shape index (κ3) is 7.26. The Kier molecular flexibility index (Phi) is 9.18. The highest BCUT2D eigenvalue weighted by atomic mass is 35.5. The van der Waals surface area contributed by atoms with Crippen LogP contribution in [-0.2, 0) is 0 Å². The molecular formula is C40H26Cl2N6. The molecule has 0 saturated heterocycles. The van der Waals surface area contributed by atoms with Crippen LogP contribution >= 0.6 is 23.2 Å². The Balaban J connectivity index is 0.000000166. The first-order valence-electron chi connectivity index (χ1n) is 15.2. The van der Waals surface area contributed by atoms with Crippen molar-refractivity contribution in [2.24, 2.45) is 0 Å². The van der Waals surface area contributed by atoms with Crippen LogP contribution in [0.2, 0.25) is 10.6 Å². The van der Waals surface area contributed by atoms with Crippen LogP contribution < -0.4 is 0 Å². The molecule has 0 radical (unpaired) electrons. The van der Waals surface area contributed by atoms with E-state index in [4.69, 9.17) is 23.2 Å². The largest absolute Gasteiger partial charge is 0.226 e. The van der Waals surface area contributed by atoms with E-state index in [1.165, 1.54) is 16.3 Å². The first-order chi connectivity index (χ1) is 23.6. The van der Waals surface area contributed by atoms with Gasteiger partial charge in [0.2, 0.25) is 10.6 Å². The van der Waals surface area contributed by atoms with Crippen molar-refractivity contribution in [1.29, 1.82) is 0 Å². The van der Waals surface area contributed by atoms with E-state index in [1.54, 1.807) is 0 Å². The van der Waals surface area contributed by atoms with Crippen LogP contribution in [0.1, 0.15) is 0 Å². The van der Waals surface area contributed by atoms with E-state index in [2.05, 4.69) is 84.5 Å². The second-order valence-corrected chi connectivity index (χ2v) is 11.4. The minimum absolute atomic E-state index is 0.187. The number of fused-ring (bicyclic) bond motifs is 1. The fourth-order valence-electron chi connectivity index (χ4n) is 5.16. The van der Waals surface area contributed by atoms with Gasteiger partial charge in [-0.25, -0.2) is 9.97 Å². The van der Waals surface area contributed by atoms with Crippen LogP contribution in [0.25, 0.3) is 67.5 Å². The Labute approximate surface area is 287 Å². The smallest absolute Gasteiger partial charge is 0.208 e. The third-order valence-corrected chi connectivity index (χ3v) is 7.88. The van der Waals surface area contributed by atoms with Crippen molar-refractivity contribution in [3.8, 4) is 56.7 Å². The average molecular weight is 662 g/mol. The molecule has 0 aliphatic rings. The molecule has 0 spiro atoms. The van der Waals surface area contributed by atoms with Gasteiger partial charge >= 0.3 is 0 Å². The van der Waals surface area contributed by atoms with Gasteiger partial charge in [-0.05, 0) is 51.2 Å². The minimum Gasteiger partial charge on any atom is -0.208 e. The van der Waals surface area contributed by atoms with Gasteiger partial charge in [0.25, 0.3) is 0 Å². The summed E-state index contributed by atoms with van der Waals surface area (Å²) in [5.74, 6) is 2.30. The summed E-state index contributed by atoms with van der Waals surface area (Å²) in [7, 11) is 0. The van der Waals surface area contributed by atoms with Gasteiger partial charge in [-0.2, -0.15) is 19.9 Å². The SMILES string of the molecule is Clc1nc(-c2ccccc2)nc(-c2ccc(-c3ccc4ccccc4c3)cc2)n1.Clc1nc(-c2ccccc2)nc(-c2ccccc2)n1. The van der Waals surface area contributed by atoms with Gasteiger partial charge in [0.15, 0.2) is 23.3 Å². The molecule has 0 fully saturated rings. The summed E-state index contributed by atoms with van der Waals surface area (Å²) in [6.45, 7) is 0. The number of benzene rings is 6. The molecule has 48 heavy (non-hydrogen) atoms. The zero-order valence-corrected chi connectivity index (χ0v) is 27.0. The molecule has 6 aromatic carbocycles. The van der Waals surface area contributed by atoms with Gasteiger partial charge in [0.1, 0.15) is 0 Å². The lowest BCUT2D eigenvalue weighted by atomic mass is 10.0. The first kappa shape index (κ1) is 30.8. The zero-order valence-electron chi connectivity index (χ0n) is 25.5. The molecule has 0 atom stereocenters. The lowest BCUT2D eigenvalue weighted by Gasteiger charge is -2.07. The minimum atomic E-state index is 0.187. The number of nitrogens with zero attached hydrogens (tertiary/aromatic N) is 6. The number of aromatic nitrogens is 6. The molecule has 0 amide bonds. The van der Waals surface area contributed by atoms with E-state index >= 15 is 0 Å². The summed E-state index contributed by atoms with van der Waals surface area (Å²) in [5, 5.41) is 2.85. The number of halogens is 2. The lowest BCUT2D eigenvalue weighted by Crippen LogP contribution is -1.97. The van der Waals surface area contributed by atoms with Crippen molar-refractivity contribution in [3.05, 3.63) is 168 Å². The van der Waals surface area contributed by atoms with E-state index in [1.807, 2.05) is 103 Å². The van der Waals surface area contributed by atoms with E-state index in [0.717, 1.165) is 27.8 Å². The number of hydrogen-bond acceptors (Lipinski definition) is 6. The van der Waals surface area contributed by atoms with Crippen LogP contribution in [0.5, 0.6) is 0 Å². The molecule has 0 bridgehead atoms. The van der Waals surface area contributed by atoms with Crippen LogP contribution in [0.3, 0.4) is 0 Å². The Morgan fingerprint density at radius 3 is 1.04 bits per heavy atom.